The van der Waals surface area contributed by atoms with Gasteiger partial charge >= 0.3 is 0 Å². The van der Waals surface area contributed by atoms with Gasteiger partial charge < -0.3 is 5.32 Å². The normalized spacial score (nSPS) is 18.7. The van der Waals surface area contributed by atoms with Gasteiger partial charge in [0.05, 0.1) is 6.54 Å². The van der Waals surface area contributed by atoms with Gasteiger partial charge in [0.2, 0.25) is 0 Å². The molecule has 0 radical (unpaired) electrons. The number of nitrogens with zero attached hydrogens (tertiary/aromatic N) is 1. The summed E-state index contributed by atoms with van der Waals surface area (Å²) in [6.07, 6.45) is 0. The minimum Gasteiger partial charge on any atom is -0.377 e. The summed E-state index contributed by atoms with van der Waals surface area (Å²) in [4.78, 5) is 12.6. The zero-order valence-corrected chi connectivity index (χ0v) is 9.57. The molecule has 0 bridgehead atoms. The second-order valence-electron chi connectivity index (χ2n) is 3.72. The van der Waals surface area contributed by atoms with Crippen molar-refractivity contribution >= 4 is 17.5 Å². The fourth-order valence-electron chi connectivity index (χ4n) is 1.77. The molecule has 1 aliphatic rings. The van der Waals surface area contributed by atoms with Crippen LogP contribution in [-0.4, -0.2) is 30.5 Å². The summed E-state index contributed by atoms with van der Waals surface area (Å²) in [6, 6.07) is 9.86. The van der Waals surface area contributed by atoms with Gasteiger partial charge in [0.25, 0.3) is 0 Å². The largest absolute Gasteiger partial charge is 0.377 e. The van der Waals surface area contributed by atoms with Crippen LogP contribution in [0.15, 0.2) is 36.0 Å². The lowest BCUT2D eigenvalue weighted by molar-refractivity contribution is 0.248. The first-order chi connectivity index (χ1) is 7.81. The third-order valence-corrected chi connectivity index (χ3v) is 3.15. The van der Waals surface area contributed by atoms with E-state index in [2.05, 4.69) is 5.32 Å². The number of benzene rings is 1. The summed E-state index contributed by atoms with van der Waals surface area (Å²) >= 11 is 6.36. The van der Waals surface area contributed by atoms with E-state index in [0.717, 1.165) is 18.7 Å². The van der Waals surface area contributed by atoms with E-state index < -0.39 is 0 Å². The SMILES string of the molecule is O=C=C1CN(C(Cl)c2ccccc2)CCN1. The fourth-order valence-corrected chi connectivity index (χ4v) is 2.09. The Morgan fingerprint density at radius 2 is 2.12 bits per heavy atom. The molecule has 4 heteroatoms. The van der Waals surface area contributed by atoms with E-state index in [1.807, 2.05) is 41.2 Å². The molecule has 2 rings (SSSR count). The van der Waals surface area contributed by atoms with E-state index in [0.29, 0.717) is 12.2 Å². The number of carbonyl (C=O) groups excluding carboxylic acids is 1. The van der Waals surface area contributed by atoms with Gasteiger partial charge in [-0.3, -0.25) is 4.90 Å². The first-order valence-corrected chi connectivity index (χ1v) is 5.66. The van der Waals surface area contributed by atoms with Crippen LogP contribution in [0.2, 0.25) is 0 Å². The summed E-state index contributed by atoms with van der Waals surface area (Å²) in [6.45, 7) is 2.10. The molecule has 1 unspecified atom stereocenters. The van der Waals surface area contributed by atoms with Crippen LogP contribution in [0.5, 0.6) is 0 Å². The summed E-state index contributed by atoms with van der Waals surface area (Å²) in [5, 5.41) is 3.00. The molecule has 84 valence electrons. The molecule has 16 heavy (non-hydrogen) atoms. The lowest BCUT2D eigenvalue weighted by atomic mass is 10.2. The second kappa shape index (κ2) is 5.17. The lowest BCUT2D eigenvalue weighted by Gasteiger charge is -2.31. The standard InChI is InChI=1S/C12H13ClN2O/c13-12(10-4-2-1-3-5-10)15-7-6-14-11(8-15)9-16/h1-5,12,14H,6-8H2. The predicted molar refractivity (Wildman–Crippen MR) is 63.8 cm³/mol. The van der Waals surface area contributed by atoms with Crippen molar-refractivity contribution in [2.24, 2.45) is 0 Å². The van der Waals surface area contributed by atoms with Crippen LogP contribution in [-0.2, 0) is 4.79 Å². The minimum atomic E-state index is -0.188. The first-order valence-electron chi connectivity index (χ1n) is 5.22. The molecule has 0 spiro atoms. The van der Waals surface area contributed by atoms with Crippen molar-refractivity contribution in [2.45, 2.75) is 5.50 Å². The van der Waals surface area contributed by atoms with Crippen LogP contribution >= 0.6 is 11.6 Å². The van der Waals surface area contributed by atoms with E-state index in [1.165, 1.54) is 0 Å². The van der Waals surface area contributed by atoms with Crippen molar-refractivity contribution in [2.75, 3.05) is 19.6 Å². The highest BCUT2D eigenvalue weighted by Crippen LogP contribution is 2.25. The quantitative estimate of drug-likeness (QED) is 0.480. The zero-order chi connectivity index (χ0) is 11.4. The highest BCUT2D eigenvalue weighted by Gasteiger charge is 2.22. The van der Waals surface area contributed by atoms with Crippen LogP contribution in [0.3, 0.4) is 0 Å². The number of piperazine rings is 1. The Morgan fingerprint density at radius 3 is 2.81 bits per heavy atom. The molecule has 0 aromatic heterocycles. The van der Waals surface area contributed by atoms with Gasteiger partial charge in [-0.15, -0.1) is 11.6 Å². The maximum absolute atomic E-state index is 10.6. The summed E-state index contributed by atoms with van der Waals surface area (Å²) in [7, 11) is 0. The number of halogens is 1. The Balaban J connectivity index is 2.10. The van der Waals surface area contributed by atoms with Crippen LogP contribution in [0.1, 0.15) is 11.1 Å². The van der Waals surface area contributed by atoms with Crippen molar-refractivity contribution in [3.63, 3.8) is 0 Å². The molecular weight excluding hydrogens is 224 g/mol. The third kappa shape index (κ3) is 2.45. The molecular formula is C12H13ClN2O. The summed E-state index contributed by atoms with van der Waals surface area (Å²) in [5.74, 6) is 1.90. The molecule has 1 aromatic carbocycles. The van der Waals surface area contributed by atoms with E-state index >= 15 is 0 Å². The van der Waals surface area contributed by atoms with E-state index in [1.54, 1.807) is 0 Å². The highest BCUT2D eigenvalue weighted by atomic mass is 35.5. The Hall–Kier alpha value is -1.28. The van der Waals surface area contributed by atoms with Gasteiger partial charge in [0, 0.05) is 13.1 Å². The number of alkyl halides is 1. The molecule has 1 heterocycles. The molecule has 1 aromatic rings. The smallest absolute Gasteiger partial charge is 0.146 e. The van der Waals surface area contributed by atoms with Crippen LogP contribution in [0.25, 0.3) is 0 Å². The van der Waals surface area contributed by atoms with Crippen molar-refractivity contribution in [3.05, 3.63) is 41.6 Å². The van der Waals surface area contributed by atoms with Gasteiger partial charge in [-0.25, -0.2) is 4.79 Å². The van der Waals surface area contributed by atoms with Crippen LogP contribution < -0.4 is 5.32 Å². The molecule has 0 aliphatic carbocycles. The van der Waals surface area contributed by atoms with Gasteiger partial charge in [-0.1, -0.05) is 30.3 Å². The van der Waals surface area contributed by atoms with Crippen molar-refractivity contribution in [1.29, 1.82) is 0 Å². The molecule has 1 atom stereocenters. The monoisotopic (exact) mass is 236 g/mol. The molecule has 1 aliphatic heterocycles. The molecule has 1 saturated heterocycles. The average molecular weight is 237 g/mol. The number of hydrogen-bond acceptors (Lipinski definition) is 3. The van der Waals surface area contributed by atoms with Crippen molar-refractivity contribution < 1.29 is 4.79 Å². The highest BCUT2D eigenvalue weighted by molar-refractivity contribution is 6.20. The molecule has 0 saturated carbocycles. The average Bonchev–Trinajstić information content (AvgIpc) is 2.39. The number of hydrogen-bond donors (Lipinski definition) is 1. The van der Waals surface area contributed by atoms with Gasteiger partial charge in [-0.2, -0.15) is 0 Å². The minimum absolute atomic E-state index is 0.188. The summed E-state index contributed by atoms with van der Waals surface area (Å²) < 4.78 is 0. The summed E-state index contributed by atoms with van der Waals surface area (Å²) in [5.41, 5.74) is 1.44. The van der Waals surface area contributed by atoms with Crippen molar-refractivity contribution in [1.82, 2.24) is 10.2 Å². The maximum atomic E-state index is 10.6. The molecule has 1 fully saturated rings. The molecule has 0 amide bonds. The number of nitrogens with one attached hydrogen (secondary N) is 1. The Morgan fingerprint density at radius 1 is 1.38 bits per heavy atom. The van der Waals surface area contributed by atoms with Crippen molar-refractivity contribution in [3.8, 4) is 0 Å². The predicted octanol–water partition coefficient (Wildman–Crippen LogP) is 1.54. The number of rotatable bonds is 2. The first kappa shape index (κ1) is 11.2. The maximum Gasteiger partial charge on any atom is 0.146 e. The van der Waals surface area contributed by atoms with Gasteiger partial charge in [-0.05, 0) is 5.56 Å². The van der Waals surface area contributed by atoms with Crippen LogP contribution in [0, 0.1) is 0 Å². The van der Waals surface area contributed by atoms with Gasteiger partial charge in [0.1, 0.15) is 17.1 Å². The Labute approximate surface area is 99.7 Å². The molecule has 3 nitrogen and oxygen atoms in total. The van der Waals surface area contributed by atoms with Gasteiger partial charge in [0.15, 0.2) is 0 Å². The Bertz CT molecular complexity index is 401. The topological polar surface area (TPSA) is 32.3 Å². The van der Waals surface area contributed by atoms with E-state index in [-0.39, 0.29) is 5.50 Å². The molecule has 1 N–H and O–H groups in total. The fraction of sp³-hybridized carbons (Fsp3) is 0.333. The Kier molecular flexibility index (Phi) is 3.62. The van der Waals surface area contributed by atoms with E-state index in [9.17, 15) is 4.79 Å². The third-order valence-electron chi connectivity index (χ3n) is 2.62. The second-order valence-corrected chi connectivity index (χ2v) is 4.14. The lowest BCUT2D eigenvalue weighted by Crippen LogP contribution is -2.42. The zero-order valence-electron chi connectivity index (χ0n) is 8.82. The van der Waals surface area contributed by atoms with E-state index in [4.69, 9.17) is 11.6 Å². The van der Waals surface area contributed by atoms with Crippen LogP contribution in [0.4, 0.5) is 0 Å².